The van der Waals surface area contributed by atoms with Crippen LogP contribution in [0.4, 0.5) is 37.7 Å². The number of likely N-dealkylation sites (tertiary alicyclic amines) is 2. The van der Waals surface area contributed by atoms with E-state index in [1.807, 2.05) is 0 Å². The van der Waals surface area contributed by atoms with Gasteiger partial charge in [-0.25, -0.2) is 14.6 Å². The highest BCUT2D eigenvalue weighted by atomic mass is 19.4. The van der Waals surface area contributed by atoms with Crippen LogP contribution in [0, 0.1) is 75.0 Å². The van der Waals surface area contributed by atoms with E-state index in [1.54, 1.807) is 19.9 Å². The molecular weight excluding hydrogens is 858 g/mol. The van der Waals surface area contributed by atoms with E-state index < -0.39 is 135 Å². The van der Waals surface area contributed by atoms with Gasteiger partial charge in [0.15, 0.2) is 0 Å². The van der Waals surface area contributed by atoms with Crippen LogP contribution in [-0.2, 0) is 43.8 Å². The lowest BCUT2D eigenvalue weighted by molar-refractivity contribution is -0.288. The number of halogens is 6. The Balaban J connectivity index is 0.000000192. The van der Waals surface area contributed by atoms with Crippen molar-refractivity contribution in [3.8, 4) is 0 Å². The molecule has 6 aliphatic rings. The van der Waals surface area contributed by atoms with Gasteiger partial charge in [0.2, 0.25) is 52.7 Å². The van der Waals surface area contributed by atoms with Crippen LogP contribution >= 0.6 is 0 Å². The van der Waals surface area contributed by atoms with Gasteiger partial charge >= 0.3 is 18.3 Å². The van der Waals surface area contributed by atoms with Crippen LogP contribution in [0.25, 0.3) is 0 Å². The second-order valence-corrected chi connectivity index (χ2v) is 17.1. The number of nitrogens with zero attached hydrogens (tertiary/aromatic N) is 4. The minimum absolute atomic E-state index is 0.0399. The van der Waals surface area contributed by atoms with Gasteiger partial charge in [0.05, 0.1) is 64.3 Å². The summed E-state index contributed by atoms with van der Waals surface area (Å²) >= 11 is 0. The molecule has 0 spiro atoms. The number of aryl methyl sites for hydroxylation is 4. The lowest BCUT2D eigenvalue weighted by atomic mass is 9.59. The number of carbonyl (C=O) groups is 9. The Hall–Kier alpha value is -6.73. The predicted octanol–water partition coefficient (Wildman–Crippen LogP) is 4.42. The normalized spacial score (nSPS) is 27.3. The van der Waals surface area contributed by atoms with Crippen molar-refractivity contribution in [1.29, 1.82) is 0 Å². The van der Waals surface area contributed by atoms with Crippen LogP contribution in [0.3, 0.4) is 0 Å². The molecule has 0 aromatic heterocycles. The molecule has 3 aromatic carbocycles. The summed E-state index contributed by atoms with van der Waals surface area (Å²) in [6.07, 6.45) is -11.7. The van der Waals surface area contributed by atoms with Gasteiger partial charge in [-0.05, 0) is 85.3 Å². The average Bonchev–Trinajstić information content (AvgIpc) is 3.66. The topological polar surface area (TPSA) is 187 Å². The largest absolute Gasteiger partial charge is 0.478 e. The number of carboxylic acid groups (broad SMARTS) is 1. The van der Waals surface area contributed by atoms with Gasteiger partial charge in [-0.1, -0.05) is 30.3 Å². The highest BCUT2D eigenvalue weighted by molar-refractivity contribution is 6.29. The van der Waals surface area contributed by atoms with E-state index in [4.69, 9.17) is 0 Å². The first kappa shape index (κ1) is 43.9. The molecule has 1 N–H and O–H groups in total. The Kier molecular flexibility index (Phi) is 9.70. The summed E-state index contributed by atoms with van der Waals surface area (Å²) in [5.74, 6) is -14.1. The fourth-order valence-corrected chi connectivity index (χ4v) is 10.4. The van der Waals surface area contributed by atoms with E-state index in [2.05, 4.69) is 0 Å². The Labute approximate surface area is 358 Å². The molecule has 9 rings (SSSR count). The molecule has 2 aliphatic carbocycles. The summed E-state index contributed by atoms with van der Waals surface area (Å²) in [6.45, 7) is 5.94. The molecule has 64 heavy (non-hydrogen) atoms. The molecule has 0 radical (unpaired) electrons. The number of benzene rings is 3. The summed E-state index contributed by atoms with van der Waals surface area (Å²) in [4.78, 5) is 116. The number of carboxylic acids is 1. The van der Waals surface area contributed by atoms with E-state index in [0.29, 0.717) is 28.2 Å². The van der Waals surface area contributed by atoms with Gasteiger partial charge in [0.25, 0.3) is 0 Å². The van der Waals surface area contributed by atoms with Crippen molar-refractivity contribution in [3.05, 3.63) is 93.5 Å². The number of alkyl halides is 6. The minimum atomic E-state index is -5.86. The summed E-state index contributed by atoms with van der Waals surface area (Å²) in [5, 5.41) is 9.17. The molecule has 2 saturated carbocycles. The SMILES string of the molecule is Cc1cc(C(=O)O)cc(N2C(=O)C3C4C(=O)N(C)C(=O)C4C3C2=O)c1.Cc1ccc(C(c2ccc(C)c(N3C(=O)C4C5C(=O)N(C)C(=O)C5C4C3=O)c2)(C(F)(F)F)C(F)(F)F)cc1C. The van der Waals surface area contributed by atoms with Gasteiger partial charge in [0.1, 0.15) is 0 Å². The summed E-state index contributed by atoms with van der Waals surface area (Å²) < 4.78 is 88.2. The molecule has 20 heteroatoms. The third kappa shape index (κ3) is 5.68. The number of imide groups is 4. The van der Waals surface area contributed by atoms with Gasteiger partial charge < -0.3 is 5.11 Å². The highest BCUT2D eigenvalue weighted by Crippen LogP contribution is 2.60. The minimum Gasteiger partial charge on any atom is -0.478 e. The zero-order valence-electron chi connectivity index (χ0n) is 34.5. The third-order valence-corrected chi connectivity index (χ3v) is 13.8. The maximum absolute atomic E-state index is 14.7. The maximum Gasteiger partial charge on any atom is 0.411 e. The molecule has 14 nitrogen and oxygen atoms in total. The van der Waals surface area contributed by atoms with E-state index in [1.165, 1.54) is 46.1 Å². The van der Waals surface area contributed by atoms with Crippen LogP contribution in [0.5, 0.6) is 0 Å². The lowest BCUT2D eigenvalue weighted by Crippen LogP contribution is -2.55. The molecule has 334 valence electrons. The number of anilines is 2. The van der Waals surface area contributed by atoms with Gasteiger partial charge in [0, 0.05) is 14.1 Å². The molecule has 8 amide bonds. The van der Waals surface area contributed by atoms with Crippen molar-refractivity contribution in [3.63, 3.8) is 0 Å². The van der Waals surface area contributed by atoms with Gasteiger partial charge in [-0.2, -0.15) is 26.3 Å². The smallest absolute Gasteiger partial charge is 0.411 e. The van der Waals surface area contributed by atoms with Crippen molar-refractivity contribution in [2.75, 3.05) is 23.9 Å². The number of hydrogen-bond acceptors (Lipinski definition) is 9. The Bertz CT molecular complexity index is 2620. The van der Waals surface area contributed by atoms with Crippen molar-refractivity contribution in [2.24, 2.45) is 47.3 Å². The van der Waals surface area contributed by atoms with Crippen molar-refractivity contribution < 1.29 is 74.6 Å². The van der Waals surface area contributed by atoms with Gasteiger partial charge in [-0.3, -0.25) is 48.2 Å². The number of hydrogen-bond donors (Lipinski definition) is 1. The van der Waals surface area contributed by atoms with Crippen molar-refractivity contribution in [2.45, 2.75) is 45.5 Å². The number of aromatic carboxylic acids is 1. The fraction of sp³-hybridized carbons (Fsp3) is 0.386. The number of rotatable bonds is 5. The standard InChI is InChI=1S/C27H22F6N2O4.C17H14N2O6/c1-11-5-7-14(9-13(11)3)25(26(28,29)30,27(31,32)33)15-8-6-12(2)16(10-15)35-23(38)19-17-18(20(19)24(35)39)22(37)34(4)21(17)36;1-6-3-7(17(24)25)5-8(4-6)19-15(22)11-9-10(12(11)16(19)23)14(21)18(2)13(9)20/h5-10,17-20H,1-4H3;3-5,9-12H,1-2H3,(H,24,25). The second kappa shape index (κ2) is 14.1. The van der Waals surface area contributed by atoms with Crippen LogP contribution < -0.4 is 9.80 Å². The molecule has 3 aromatic rings. The molecule has 0 bridgehead atoms. The first-order valence-corrected chi connectivity index (χ1v) is 19.8. The molecule has 6 fully saturated rings. The van der Waals surface area contributed by atoms with Gasteiger partial charge in [-0.15, -0.1) is 0 Å². The van der Waals surface area contributed by atoms with E-state index in [0.717, 1.165) is 32.9 Å². The fourth-order valence-electron chi connectivity index (χ4n) is 10.4. The number of carbonyl (C=O) groups excluding carboxylic acids is 8. The third-order valence-electron chi connectivity index (χ3n) is 13.8. The van der Waals surface area contributed by atoms with E-state index in [-0.39, 0.29) is 22.4 Å². The number of fused-ring (bicyclic) bond motifs is 8. The maximum atomic E-state index is 14.7. The highest BCUT2D eigenvalue weighted by Gasteiger charge is 2.75. The molecule has 8 unspecified atom stereocenters. The first-order chi connectivity index (χ1) is 29.7. The summed E-state index contributed by atoms with van der Waals surface area (Å²) in [6, 6.07) is 9.23. The van der Waals surface area contributed by atoms with Crippen LogP contribution in [-0.4, -0.2) is 94.6 Å². The van der Waals surface area contributed by atoms with Crippen LogP contribution in [0.15, 0.2) is 54.6 Å². The lowest BCUT2D eigenvalue weighted by Gasteiger charge is -2.39. The van der Waals surface area contributed by atoms with E-state index >= 15 is 0 Å². The summed E-state index contributed by atoms with van der Waals surface area (Å²) in [5.41, 5.74) is -5.74. The molecule has 8 atom stereocenters. The van der Waals surface area contributed by atoms with Crippen molar-refractivity contribution in [1.82, 2.24) is 9.80 Å². The molecular formula is C44H36F6N4O10. The Morgan fingerprint density at radius 1 is 0.484 bits per heavy atom. The van der Waals surface area contributed by atoms with Crippen molar-refractivity contribution >= 4 is 64.6 Å². The quantitative estimate of drug-likeness (QED) is 0.284. The number of amides is 8. The second-order valence-electron chi connectivity index (χ2n) is 17.1. The van der Waals surface area contributed by atoms with Crippen LogP contribution in [0.1, 0.15) is 43.7 Å². The molecule has 4 saturated heterocycles. The average molecular weight is 895 g/mol. The predicted molar refractivity (Wildman–Crippen MR) is 207 cm³/mol. The summed E-state index contributed by atoms with van der Waals surface area (Å²) in [7, 11) is 2.57. The zero-order valence-corrected chi connectivity index (χ0v) is 34.5. The molecule has 4 heterocycles. The Morgan fingerprint density at radius 3 is 1.25 bits per heavy atom. The van der Waals surface area contributed by atoms with Crippen LogP contribution in [0.2, 0.25) is 0 Å². The monoisotopic (exact) mass is 894 g/mol. The molecule has 4 aliphatic heterocycles. The first-order valence-electron chi connectivity index (χ1n) is 19.8. The zero-order chi connectivity index (χ0) is 47.2. The van der Waals surface area contributed by atoms with E-state index in [9.17, 15) is 74.6 Å². The Morgan fingerprint density at radius 2 is 0.859 bits per heavy atom.